The summed E-state index contributed by atoms with van der Waals surface area (Å²) in [5.41, 5.74) is 0. The van der Waals surface area contributed by atoms with E-state index in [4.69, 9.17) is 4.74 Å². The zero-order valence-corrected chi connectivity index (χ0v) is 15.8. The molecule has 1 fully saturated rings. The van der Waals surface area contributed by atoms with Crippen molar-refractivity contribution < 1.29 is 13.2 Å². The summed E-state index contributed by atoms with van der Waals surface area (Å²) in [6.07, 6.45) is 5.18. The predicted octanol–water partition coefficient (Wildman–Crippen LogP) is 4.49. The molecule has 0 bridgehead atoms. The van der Waals surface area contributed by atoms with E-state index in [9.17, 15) is 8.42 Å². The van der Waals surface area contributed by atoms with Crippen LogP contribution in [0.2, 0.25) is 0 Å². The van der Waals surface area contributed by atoms with Crippen LogP contribution in [-0.4, -0.2) is 21.1 Å². The van der Waals surface area contributed by atoms with Crippen molar-refractivity contribution in [3.8, 4) is 5.75 Å². The summed E-state index contributed by atoms with van der Waals surface area (Å²) in [4.78, 5) is 0.338. The molecule has 0 aromatic heterocycles. The van der Waals surface area contributed by atoms with Gasteiger partial charge in [0.05, 0.1) is 11.5 Å². The van der Waals surface area contributed by atoms with E-state index in [1.165, 1.54) is 6.42 Å². The highest BCUT2D eigenvalue weighted by Crippen LogP contribution is 2.32. The average molecular weight is 362 g/mol. The molecule has 0 heterocycles. The molecular weight excluding hydrogens is 334 g/mol. The van der Waals surface area contributed by atoms with Crippen molar-refractivity contribution in [2.45, 2.75) is 56.9 Å². The average Bonchev–Trinajstić information content (AvgIpc) is 2.61. The number of fused-ring (bicyclic) bond motifs is 1. The van der Waals surface area contributed by atoms with Crippen molar-refractivity contribution in [3.63, 3.8) is 0 Å². The van der Waals surface area contributed by atoms with Gasteiger partial charge in [0.25, 0.3) is 0 Å². The molecule has 0 aliphatic heterocycles. The third-order valence-electron chi connectivity index (χ3n) is 5.01. The number of hydrogen-bond donors (Lipinski definition) is 1. The summed E-state index contributed by atoms with van der Waals surface area (Å²) in [5, 5.41) is 1.56. The normalized spacial score (nSPS) is 21.4. The molecule has 136 valence electrons. The summed E-state index contributed by atoms with van der Waals surface area (Å²) < 4.78 is 34.8. The second-order valence-corrected chi connectivity index (χ2v) is 8.63. The lowest BCUT2D eigenvalue weighted by Gasteiger charge is -2.29. The fourth-order valence-electron chi connectivity index (χ4n) is 3.57. The van der Waals surface area contributed by atoms with Gasteiger partial charge >= 0.3 is 0 Å². The molecule has 2 atom stereocenters. The molecule has 1 aliphatic rings. The number of sulfonamides is 1. The van der Waals surface area contributed by atoms with Crippen LogP contribution < -0.4 is 9.46 Å². The van der Waals surface area contributed by atoms with Gasteiger partial charge in [-0.25, -0.2) is 13.1 Å². The van der Waals surface area contributed by atoms with Gasteiger partial charge in [-0.2, -0.15) is 0 Å². The number of benzene rings is 2. The quantitative estimate of drug-likeness (QED) is 0.825. The van der Waals surface area contributed by atoms with E-state index in [-0.39, 0.29) is 6.04 Å². The van der Waals surface area contributed by atoms with Crippen molar-refractivity contribution in [2.24, 2.45) is 5.92 Å². The molecule has 0 amide bonds. The summed E-state index contributed by atoms with van der Waals surface area (Å²) >= 11 is 0. The number of nitrogens with one attached hydrogen (secondary N) is 1. The van der Waals surface area contributed by atoms with Crippen LogP contribution in [-0.2, 0) is 10.0 Å². The van der Waals surface area contributed by atoms with Crippen molar-refractivity contribution in [1.29, 1.82) is 0 Å². The number of rotatable bonds is 6. The highest BCUT2D eigenvalue weighted by atomic mass is 32.2. The van der Waals surface area contributed by atoms with Crippen molar-refractivity contribution in [1.82, 2.24) is 4.72 Å². The first-order chi connectivity index (χ1) is 12.0. The lowest BCUT2D eigenvalue weighted by Crippen LogP contribution is -2.41. The minimum absolute atomic E-state index is 0.0218. The Hall–Kier alpha value is -1.59. The molecule has 25 heavy (non-hydrogen) atoms. The SMILES string of the molecule is CCCOc1ccc(S(=O)(=O)N[C@H]2CCCC[C@@H]2C)c2ccccc12. The van der Waals surface area contributed by atoms with Gasteiger partial charge < -0.3 is 4.74 Å². The van der Waals surface area contributed by atoms with Gasteiger partial charge in [0.2, 0.25) is 10.0 Å². The maximum absolute atomic E-state index is 13.0. The first-order valence-corrected chi connectivity index (χ1v) is 10.7. The lowest BCUT2D eigenvalue weighted by atomic mass is 9.87. The Labute approximate surface area is 150 Å². The molecule has 1 N–H and O–H groups in total. The molecule has 4 nitrogen and oxygen atoms in total. The zero-order valence-electron chi connectivity index (χ0n) is 15.0. The molecule has 2 aromatic rings. The van der Waals surface area contributed by atoms with Crippen LogP contribution in [0.5, 0.6) is 5.75 Å². The molecule has 0 unspecified atom stereocenters. The monoisotopic (exact) mass is 361 g/mol. The second-order valence-electron chi connectivity index (χ2n) is 6.95. The van der Waals surface area contributed by atoms with E-state index in [2.05, 4.69) is 18.6 Å². The minimum Gasteiger partial charge on any atom is -0.493 e. The van der Waals surface area contributed by atoms with Gasteiger partial charge in [-0.3, -0.25) is 0 Å². The first-order valence-electron chi connectivity index (χ1n) is 9.20. The Kier molecular flexibility index (Phi) is 5.64. The molecule has 0 saturated heterocycles. The summed E-state index contributed by atoms with van der Waals surface area (Å²) in [5.74, 6) is 1.12. The van der Waals surface area contributed by atoms with Gasteiger partial charge in [0.1, 0.15) is 5.75 Å². The molecule has 2 aromatic carbocycles. The standard InChI is InChI=1S/C20H27NO3S/c1-3-14-24-19-12-13-20(17-10-6-5-9-16(17)19)25(22,23)21-18-11-7-4-8-15(18)2/h5-6,9-10,12-13,15,18,21H,3-4,7-8,11,14H2,1-2H3/t15-,18-/m0/s1. The molecule has 0 spiro atoms. The highest BCUT2D eigenvalue weighted by Gasteiger charge is 2.28. The van der Waals surface area contributed by atoms with E-state index in [0.717, 1.165) is 36.8 Å². The molecule has 0 radical (unpaired) electrons. The predicted molar refractivity (Wildman–Crippen MR) is 101 cm³/mol. The van der Waals surface area contributed by atoms with Gasteiger partial charge in [-0.1, -0.05) is 51.0 Å². The van der Waals surface area contributed by atoms with Crippen LogP contribution >= 0.6 is 0 Å². The Morgan fingerprint density at radius 1 is 1.08 bits per heavy atom. The van der Waals surface area contributed by atoms with Gasteiger partial charge in [0, 0.05) is 16.8 Å². The van der Waals surface area contributed by atoms with Gasteiger partial charge in [-0.05, 0) is 37.3 Å². The van der Waals surface area contributed by atoms with Crippen LogP contribution in [0.3, 0.4) is 0 Å². The second kappa shape index (κ2) is 7.75. The molecular formula is C20H27NO3S. The Balaban J connectivity index is 1.97. The fourth-order valence-corrected chi connectivity index (χ4v) is 5.16. The molecule has 3 rings (SSSR count). The van der Waals surface area contributed by atoms with E-state index >= 15 is 0 Å². The van der Waals surface area contributed by atoms with Gasteiger partial charge in [0.15, 0.2) is 0 Å². The van der Waals surface area contributed by atoms with Crippen LogP contribution in [0.15, 0.2) is 41.3 Å². The van der Waals surface area contributed by atoms with E-state index in [1.807, 2.05) is 24.3 Å². The summed E-state index contributed by atoms with van der Waals surface area (Å²) in [6.45, 7) is 4.80. The molecule has 5 heteroatoms. The van der Waals surface area contributed by atoms with Gasteiger partial charge in [-0.15, -0.1) is 0 Å². The largest absolute Gasteiger partial charge is 0.493 e. The van der Waals surface area contributed by atoms with Crippen molar-refractivity contribution in [3.05, 3.63) is 36.4 Å². The number of hydrogen-bond acceptors (Lipinski definition) is 3. The Morgan fingerprint density at radius 3 is 2.52 bits per heavy atom. The third-order valence-corrected chi connectivity index (χ3v) is 6.56. The van der Waals surface area contributed by atoms with Crippen molar-refractivity contribution >= 4 is 20.8 Å². The highest BCUT2D eigenvalue weighted by molar-refractivity contribution is 7.89. The fraction of sp³-hybridized carbons (Fsp3) is 0.500. The van der Waals surface area contributed by atoms with Crippen molar-refractivity contribution in [2.75, 3.05) is 6.61 Å². The van der Waals surface area contributed by atoms with E-state index < -0.39 is 10.0 Å². The zero-order chi connectivity index (χ0) is 17.9. The molecule has 1 saturated carbocycles. The summed E-state index contributed by atoms with van der Waals surface area (Å²) in [6, 6.07) is 11.0. The third kappa shape index (κ3) is 3.98. The first kappa shape index (κ1) is 18.2. The van der Waals surface area contributed by atoms with Crippen LogP contribution in [0.4, 0.5) is 0 Å². The molecule has 1 aliphatic carbocycles. The smallest absolute Gasteiger partial charge is 0.241 e. The summed E-state index contributed by atoms with van der Waals surface area (Å²) in [7, 11) is -3.56. The minimum atomic E-state index is -3.56. The topological polar surface area (TPSA) is 55.4 Å². The van der Waals surface area contributed by atoms with E-state index in [1.54, 1.807) is 12.1 Å². The Morgan fingerprint density at radius 2 is 1.80 bits per heavy atom. The van der Waals surface area contributed by atoms with Crippen LogP contribution in [0.25, 0.3) is 10.8 Å². The maximum atomic E-state index is 13.0. The Bertz CT molecular complexity index is 832. The number of ether oxygens (including phenoxy) is 1. The lowest BCUT2D eigenvalue weighted by molar-refractivity contribution is 0.310. The maximum Gasteiger partial charge on any atom is 0.241 e. The van der Waals surface area contributed by atoms with Crippen LogP contribution in [0, 0.1) is 5.92 Å². The van der Waals surface area contributed by atoms with Crippen LogP contribution in [0.1, 0.15) is 46.0 Å². The van der Waals surface area contributed by atoms with E-state index in [0.29, 0.717) is 22.8 Å².